The molecule has 0 saturated heterocycles. The Morgan fingerprint density at radius 1 is 1.20 bits per heavy atom. The van der Waals surface area contributed by atoms with Crippen molar-refractivity contribution in [3.8, 4) is 5.75 Å². The SMILES string of the molecule is C=CCn1c(CCCOc2ccc(C(C)(C)C)cc2)nnc1SCC(=O)Nc1cccc(Cl)c1C. The molecule has 2 aromatic carbocycles. The van der Waals surface area contributed by atoms with E-state index in [1.807, 2.05) is 35.8 Å². The Kier molecular flexibility index (Phi) is 9.40. The molecular formula is C27H33ClN4O2S. The number of ether oxygens (including phenoxy) is 1. The molecule has 1 amide bonds. The molecule has 3 aromatic rings. The summed E-state index contributed by atoms with van der Waals surface area (Å²) in [5, 5.41) is 12.9. The van der Waals surface area contributed by atoms with Gasteiger partial charge in [0, 0.05) is 23.7 Å². The maximum absolute atomic E-state index is 12.5. The number of aryl methyl sites for hydroxylation is 1. The van der Waals surface area contributed by atoms with Gasteiger partial charge in [-0.25, -0.2) is 0 Å². The van der Waals surface area contributed by atoms with Gasteiger partial charge in [0.2, 0.25) is 5.91 Å². The van der Waals surface area contributed by atoms with Crippen molar-refractivity contribution in [1.29, 1.82) is 0 Å². The zero-order valence-electron chi connectivity index (χ0n) is 20.8. The Morgan fingerprint density at radius 3 is 2.63 bits per heavy atom. The number of carbonyl (C=O) groups is 1. The Bertz CT molecular complexity index is 1150. The number of thioether (sulfide) groups is 1. The monoisotopic (exact) mass is 512 g/mol. The lowest BCUT2D eigenvalue weighted by Gasteiger charge is -2.19. The second-order valence-electron chi connectivity index (χ2n) is 9.27. The minimum atomic E-state index is -0.124. The normalized spacial score (nSPS) is 11.3. The van der Waals surface area contributed by atoms with E-state index in [9.17, 15) is 4.79 Å². The van der Waals surface area contributed by atoms with E-state index in [0.29, 0.717) is 29.0 Å². The van der Waals surface area contributed by atoms with Crippen LogP contribution < -0.4 is 10.1 Å². The Hall–Kier alpha value is -2.77. The predicted molar refractivity (Wildman–Crippen MR) is 145 cm³/mol. The van der Waals surface area contributed by atoms with Crippen LogP contribution in [-0.4, -0.2) is 33.0 Å². The van der Waals surface area contributed by atoms with Gasteiger partial charge in [0.1, 0.15) is 11.6 Å². The lowest BCUT2D eigenvalue weighted by Crippen LogP contribution is -2.15. The van der Waals surface area contributed by atoms with Crippen LogP contribution >= 0.6 is 23.4 Å². The number of nitrogens with zero attached hydrogens (tertiary/aromatic N) is 3. The molecule has 0 spiro atoms. The fourth-order valence-electron chi connectivity index (χ4n) is 3.45. The summed E-state index contributed by atoms with van der Waals surface area (Å²) in [5.41, 5.74) is 2.96. The van der Waals surface area contributed by atoms with Crippen molar-refractivity contribution >= 4 is 35.0 Å². The highest BCUT2D eigenvalue weighted by Gasteiger charge is 2.15. The summed E-state index contributed by atoms with van der Waals surface area (Å²) in [6.07, 6.45) is 3.32. The fourth-order valence-corrected chi connectivity index (χ4v) is 4.40. The Morgan fingerprint density at radius 2 is 1.94 bits per heavy atom. The molecule has 0 radical (unpaired) electrons. The lowest BCUT2D eigenvalue weighted by atomic mass is 9.87. The van der Waals surface area contributed by atoms with Crippen LogP contribution in [0.3, 0.4) is 0 Å². The average molecular weight is 513 g/mol. The van der Waals surface area contributed by atoms with E-state index < -0.39 is 0 Å². The van der Waals surface area contributed by atoms with Gasteiger partial charge in [0.25, 0.3) is 0 Å². The van der Waals surface area contributed by atoms with Crippen molar-refractivity contribution in [2.45, 2.75) is 57.7 Å². The number of halogens is 1. The van der Waals surface area contributed by atoms with Crippen LogP contribution in [0.5, 0.6) is 5.75 Å². The molecule has 35 heavy (non-hydrogen) atoms. The molecule has 0 atom stereocenters. The van der Waals surface area contributed by atoms with E-state index in [1.54, 1.807) is 12.1 Å². The molecular weight excluding hydrogens is 480 g/mol. The van der Waals surface area contributed by atoms with Gasteiger partial charge in [0.05, 0.1) is 12.4 Å². The first-order valence-corrected chi connectivity index (χ1v) is 13.0. The van der Waals surface area contributed by atoms with E-state index in [0.717, 1.165) is 30.0 Å². The fraction of sp³-hybridized carbons (Fsp3) is 0.370. The first-order chi connectivity index (χ1) is 16.7. The third kappa shape index (κ3) is 7.61. The second-order valence-corrected chi connectivity index (χ2v) is 10.6. The van der Waals surface area contributed by atoms with Crippen LogP contribution in [0.2, 0.25) is 5.02 Å². The topological polar surface area (TPSA) is 69.0 Å². The van der Waals surface area contributed by atoms with Crippen LogP contribution in [0.1, 0.15) is 44.1 Å². The summed E-state index contributed by atoms with van der Waals surface area (Å²) in [5.74, 6) is 1.81. The van der Waals surface area contributed by atoms with E-state index in [2.05, 4.69) is 55.0 Å². The molecule has 0 aliphatic carbocycles. The zero-order chi connectivity index (χ0) is 25.4. The van der Waals surface area contributed by atoms with Crippen LogP contribution in [-0.2, 0) is 23.2 Å². The third-order valence-electron chi connectivity index (χ3n) is 5.51. The molecule has 0 fully saturated rings. The minimum Gasteiger partial charge on any atom is -0.494 e. The summed E-state index contributed by atoms with van der Waals surface area (Å²) >= 11 is 7.49. The number of anilines is 1. The minimum absolute atomic E-state index is 0.123. The quantitative estimate of drug-likeness (QED) is 0.181. The van der Waals surface area contributed by atoms with E-state index in [-0.39, 0.29) is 17.1 Å². The smallest absolute Gasteiger partial charge is 0.234 e. The summed E-state index contributed by atoms with van der Waals surface area (Å²) in [4.78, 5) is 12.5. The van der Waals surface area contributed by atoms with Crippen molar-refractivity contribution < 1.29 is 9.53 Å². The number of allylic oxidation sites excluding steroid dienone is 1. The number of benzene rings is 2. The Labute approximate surface area is 217 Å². The van der Waals surface area contributed by atoms with Crippen molar-refractivity contribution in [3.63, 3.8) is 0 Å². The lowest BCUT2D eigenvalue weighted by molar-refractivity contribution is -0.113. The van der Waals surface area contributed by atoms with E-state index in [1.165, 1.54) is 17.3 Å². The maximum Gasteiger partial charge on any atom is 0.234 e. The number of aromatic nitrogens is 3. The zero-order valence-corrected chi connectivity index (χ0v) is 22.4. The molecule has 1 N–H and O–H groups in total. The van der Waals surface area contributed by atoms with Crippen molar-refractivity contribution in [2.24, 2.45) is 0 Å². The maximum atomic E-state index is 12.5. The summed E-state index contributed by atoms with van der Waals surface area (Å²) < 4.78 is 7.90. The highest BCUT2D eigenvalue weighted by Crippen LogP contribution is 2.25. The number of hydrogen-bond acceptors (Lipinski definition) is 5. The van der Waals surface area contributed by atoms with Gasteiger partial charge in [0.15, 0.2) is 5.16 Å². The van der Waals surface area contributed by atoms with Crippen molar-refractivity contribution in [1.82, 2.24) is 14.8 Å². The standard InChI is InChI=1S/C27H33ClN4O2S/c1-6-16-32-24(11-8-17-34-21-14-12-20(13-15-21)27(3,4)5)30-31-26(32)35-18-25(33)29-23-10-7-9-22(28)19(23)2/h6-7,9-10,12-15H,1,8,11,16-18H2,2-5H3,(H,29,33). The van der Waals surface area contributed by atoms with Gasteiger partial charge in [-0.1, -0.05) is 68.4 Å². The molecule has 8 heteroatoms. The highest BCUT2D eigenvalue weighted by molar-refractivity contribution is 7.99. The average Bonchev–Trinajstić information content (AvgIpc) is 3.20. The van der Waals surface area contributed by atoms with Gasteiger partial charge in [-0.05, 0) is 54.2 Å². The van der Waals surface area contributed by atoms with Crippen molar-refractivity contribution in [3.05, 3.63) is 77.1 Å². The van der Waals surface area contributed by atoms with Gasteiger partial charge < -0.3 is 14.6 Å². The number of amides is 1. The molecule has 186 valence electrons. The molecule has 6 nitrogen and oxygen atoms in total. The first kappa shape index (κ1) is 26.8. The number of rotatable bonds is 11. The molecule has 0 aliphatic heterocycles. The van der Waals surface area contributed by atoms with Gasteiger partial charge in [-0.3, -0.25) is 4.79 Å². The largest absolute Gasteiger partial charge is 0.494 e. The van der Waals surface area contributed by atoms with Gasteiger partial charge in [-0.15, -0.1) is 16.8 Å². The second kappa shape index (κ2) is 12.3. The number of nitrogens with one attached hydrogen (secondary N) is 1. The summed E-state index contributed by atoms with van der Waals surface area (Å²) in [6, 6.07) is 13.7. The molecule has 0 saturated carbocycles. The van der Waals surface area contributed by atoms with Crippen LogP contribution in [0.4, 0.5) is 5.69 Å². The first-order valence-electron chi connectivity index (χ1n) is 11.6. The summed E-state index contributed by atoms with van der Waals surface area (Å²) in [6.45, 7) is 13.5. The third-order valence-corrected chi connectivity index (χ3v) is 6.89. The van der Waals surface area contributed by atoms with Crippen LogP contribution in [0.25, 0.3) is 0 Å². The van der Waals surface area contributed by atoms with Crippen LogP contribution in [0.15, 0.2) is 60.3 Å². The molecule has 1 aromatic heterocycles. The predicted octanol–water partition coefficient (Wildman–Crippen LogP) is 6.47. The molecule has 0 aliphatic rings. The molecule has 3 rings (SSSR count). The van der Waals surface area contributed by atoms with Gasteiger partial charge >= 0.3 is 0 Å². The number of hydrogen-bond donors (Lipinski definition) is 1. The molecule has 0 bridgehead atoms. The summed E-state index contributed by atoms with van der Waals surface area (Å²) in [7, 11) is 0. The van der Waals surface area contributed by atoms with E-state index in [4.69, 9.17) is 16.3 Å². The molecule has 0 unspecified atom stereocenters. The van der Waals surface area contributed by atoms with Crippen LogP contribution in [0, 0.1) is 6.92 Å². The van der Waals surface area contributed by atoms with Crippen molar-refractivity contribution in [2.75, 3.05) is 17.7 Å². The van der Waals surface area contributed by atoms with Gasteiger partial charge in [-0.2, -0.15) is 0 Å². The number of carbonyl (C=O) groups excluding carboxylic acids is 1. The molecule has 1 heterocycles. The highest BCUT2D eigenvalue weighted by atomic mass is 35.5. The van der Waals surface area contributed by atoms with E-state index >= 15 is 0 Å². The Balaban J connectivity index is 1.51.